The number of nitrogens with one attached hydrogen (secondary N) is 3. The van der Waals surface area contributed by atoms with E-state index in [0.717, 1.165) is 23.0 Å². The van der Waals surface area contributed by atoms with E-state index >= 15 is 0 Å². The van der Waals surface area contributed by atoms with Crippen LogP contribution in [0.5, 0.6) is 5.75 Å². The average molecular weight is 389 g/mol. The Bertz CT molecular complexity index is 1130. The first kappa shape index (κ1) is 18.7. The van der Waals surface area contributed by atoms with E-state index in [0.29, 0.717) is 34.4 Å². The van der Waals surface area contributed by atoms with Gasteiger partial charge in [-0.1, -0.05) is 32.0 Å². The van der Waals surface area contributed by atoms with Crippen molar-refractivity contribution in [2.45, 2.75) is 26.2 Å². The zero-order chi connectivity index (χ0) is 20.4. The largest absolute Gasteiger partial charge is 0.496 e. The highest BCUT2D eigenvalue weighted by molar-refractivity contribution is 6.07. The lowest BCUT2D eigenvalue weighted by Gasteiger charge is -2.14. The Labute approximate surface area is 168 Å². The van der Waals surface area contributed by atoms with Gasteiger partial charge in [0.25, 0.3) is 5.91 Å². The molecule has 1 amide bonds. The summed E-state index contributed by atoms with van der Waals surface area (Å²) in [5.41, 5.74) is 4.53. The molecule has 0 radical (unpaired) electrons. The van der Waals surface area contributed by atoms with Crippen molar-refractivity contribution in [1.82, 2.24) is 20.2 Å². The molecule has 1 atom stereocenters. The number of aromatic nitrogens is 4. The second kappa shape index (κ2) is 7.79. The van der Waals surface area contributed by atoms with Crippen LogP contribution in [0, 0.1) is 0 Å². The Hall–Kier alpha value is -3.61. The highest BCUT2D eigenvalue weighted by Crippen LogP contribution is 2.29. The SMILES string of the molecule is CCC(C)c1ccc(C(=O)Nc2cn[nH]c2-c2nc3ccccc3[nH]2)c(OC)c1. The number of H-pyrrole nitrogens is 2. The molecular weight excluding hydrogens is 366 g/mol. The third-order valence-electron chi connectivity index (χ3n) is 5.17. The van der Waals surface area contributed by atoms with Crippen LogP contribution in [-0.4, -0.2) is 33.2 Å². The molecule has 2 aromatic heterocycles. The van der Waals surface area contributed by atoms with E-state index in [1.165, 1.54) is 0 Å². The molecule has 0 bridgehead atoms. The molecule has 3 N–H and O–H groups in total. The Morgan fingerprint density at radius 1 is 1.24 bits per heavy atom. The summed E-state index contributed by atoms with van der Waals surface area (Å²) < 4.78 is 5.47. The predicted molar refractivity (Wildman–Crippen MR) is 113 cm³/mol. The van der Waals surface area contributed by atoms with E-state index in [4.69, 9.17) is 4.74 Å². The number of anilines is 1. The normalized spacial score (nSPS) is 12.1. The van der Waals surface area contributed by atoms with E-state index in [1.54, 1.807) is 19.4 Å². The summed E-state index contributed by atoms with van der Waals surface area (Å²) in [5.74, 6) is 1.29. The maximum Gasteiger partial charge on any atom is 0.259 e. The highest BCUT2D eigenvalue weighted by atomic mass is 16.5. The minimum absolute atomic E-state index is 0.267. The number of rotatable bonds is 6. The zero-order valence-electron chi connectivity index (χ0n) is 16.6. The topological polar surface area (TPSA) is 95.7 Å². The van der Waals surface area contributed by atoms with Crippen LogP contribution in [0.15, 0.2) is 48.7 Å². The van der Waals surface area contributed by atoms with Gasteiger partial charge < -0.3 is 15.0 Å². The molecule has 0 aliphatic rings. The number of methoxy groups -OCH3 is 1. The first-order chi connectivity index (χ1) is 14.1. The van der Waals surface area contributed by atoms with Crippen molar-refractivity contribution in [2.24, 2.45) is 0 Å². The number of fused-ring (bicyclic) bond motifs is 1. The van der Waals surface area contributed by atoms with E-state index in [2.05, 4.69) is 39.3 Å². The van der Waals surface area contributed by atoms with Crippen LogP contribution in [0.1, 0.15) is 42.1 Å². The lowest BCUT2D eigenvalue weighted by atomic mass is 9.97. The molecule has 7 heteroatoms. The van der Waals surface area contributed by atoms with Gasteiger partial charge in [0, 0.05) is 0 Å². The van der Waals surface area contributed by atoms with Gasteiger partial charge in [0.15, 0.2) is 5.82 Å². The van der Waals surface area contributed by atoms with Crippen LogP contribution < -0.4 is 10.1 Å². The number of hydrogen-bond donors (Lipinski definition) is 3. The predicted octanol–water partition coefficient (Wildman–Crippen LogP) is 4.73. The van der Waals surface area contributed by atoms with Gasteiger partial charge in [-0.15, -0.1) is 0 Å². The van der Waals surface area contributed by atoms with Gasteiger partial charge >= 0.3 is 0 Å². The fourth-order valence-electron chi connectivity index (χ4n) is 3.26. The fourth-order valence-corrected chi connectivity index (χ4v) is 3.26. The van der Waals surface area contributed by atoms with Crippen molar-refractivity contribution >= 4 is 22.6 Å². The molecule has 7 nitrogen and oxygen atoms in total. The lowest BCUT2D eigenvalue weighted by Crippen LogP contribution is -2.14. The molecule has 4 aromatic rings. The Morgan fingerprint density at radius 3 is 2.83 bits per heavy atom. The van der Waals surface area contributed by atoms with Gasteiger partial charge in [0.05, 0.1) is 35.6 Å². The number of ether oxygens (including phenoxy) is 1. The van der Waals surface area contributed by atoms with Crippen molar-refractivity contribution in [2.75, 3.05) is 12.4 Å². The summed E-state index contributed by atoms with van der Waals surface area (Å²) in [4.78, 5) is 20.7. The molecule has 29 heavy (non-hydrogen) atoms. The number of benzene rings is 2. The van der Waals surface area contributed by atoms with Crippen LogP contribution >= 0.6 is 0 Å². The highest BCUT2D eigenvalue weighted by Gasteiger charge is 2.18. The number of carbonyl (C=O) groups excluding carboxylic acids is 1. The van der Waals surface area contributed by atoms with Gasteiger partial charge in [0.2, 0.25) is 0 Å². The van der Waals surface area contributed by atoms with Gasteiger partial charge in [-0.05, 0) is 42.2 Å². The maximum absolute atomic E-state index is 12.9. The van der Waals surface area contributed by atoms with Gasteiger partial charge in [-0.3, -0.25) is 9.89 Å². The van der Waals surface area contributed by atoms with Crippen LogP contribution in [0.2, 0.25) is 0 Å². The lowest BCUT2D eigenvalue weighted by molar-refractivity contribution is 0.102. The van der Waals surface area contributed by atoms with Crippen molar-refractivity contribution in [3.63, 3.8) is 0 Å². The summed E-state index contributed by atoms with van der Waals surface area (Å²) in [5, 5.41) is 9.90. The summed E-state index contributed by atoms with van der Waals surface area (Å²) in [6, 6.07) is 13.4. The Kier molecular flexibility index (Phi) is 5.03. The third-order valence-corrected chi connectivity index (χ3v) is 5.17. The summed E-state index contributed by atoms with van der Waals surface area (Å²) >= 11 is 0. The molecule has 0 aliphatic heterocycles. The summed E-state index contributed by atoms with van der Waals surface area (Å²) in [6.07, 6.45) is 2.59. The van der Waals surface area contributed by atoms with Crippen LogP contribution in [0.3, 0.4) is 0 Å². The van der Waals surface area contributed by atoms with Crippen molar-refractivity contribution in [3.05, 3.63) is 59.8 Å². The second-order valence-corrected chi connectivity index (χ2v) is 6.98. The average Bonchev–Trinajstić information content (AvgIpc) is 3.38. The molecule has 0 saturated carbocycles. The monoisotopic (exact) mass is 389 g/mol. The molecule has 1 unspecified atom stereocenters. The molecular formula is C22H23N5O2. The number of hydrogen-bond acceptors (Lipinski definition) is 4. The van der Waals surface area contributed by atoms with Gasteiger partial charge in [0.1, 0.15) is 11.4 Å². The minimum Gasteiger partial charge on any atom is -0.496 e. The van der Waals surface area contributed by atoms with Gasteiger partial charge in [-0.2, -0.15) is 5.10 Å². The van der Waals surface area contributed by atoms with E-state index in [-0.39, 0.29) is 5.91 Å². The third kappa shape index (κ3) is 3.59. The molecule has 0 aliphatic carbocycles. The molecule has 2 heterocycles. The van der Waals surface area contributed by atoms with E-state index in [9.17, 15) is 4.79 Å². The zero-order valence-corrected chi connectivity index (χ0v) is 16.6. The Morgan fingerprint density at radius 2 is 2.07 bits per heavy atom. The van der Waals surface area contributed by atoms with E-state index in [1.807, 2.05) is 36.4 Å². The van der Waals surface area contributed by atoms with Gasteiger partial charge in [-0.25, -0.2) is 4.98 Å². The van der Waals surface area contributed by atoms with Crippen molar-refractivity contribution in [3.8, 4) is 17.3 Å². The van der Waals surface area contributed by atoms with Crippen LogP contribution in [-0.2, 0) is 0 Å². The van der Waals surface area contributed by atoms with Crippen molar-refractivity contribution in [1.29, 1.82) is 0 Å². The number of imidazole rings is 1. The molecule has 0 fully saturated rings. The van der Waals surface area contributed by atoms with Crippen LogP contribution in [0.4, 0.5) is 5.69 Å². The van der Waals surface area contributed by atoms with Crippen LogP contribution in [0.25, 0.3) is 22.6 Å². The second-order valence-electron chi connectivity index (χ2n) is 6.98. The smallest absolute Gasteiger partial charge is 0.259 e. The quantitative estimate of drug-likeness (QED) is 0.444. The molecule has 0 saturated heterocycles. The first-order valence-electron chi connectivity index (χ1n) is 9.58. The first-order valence-corrected chi connectivity index (χ1v) is 9.58. The molecule has 0 spiro atoms. The summed E-state index contributed by atoms with van der Waals surface area (Å²) in [6.45, 7) is 4.29. The summed E-state index contributed by atoms with van der Waals surface area (Å²) in [7, 11) is 1.57. The maximum atomic E-state index is 12.9. The Balaban J connectivity index is 1.62. The number of amides is 1. The standard InChI is InChI=1S/C22H23N5O2/c1-4-13(2)14-9-10-15(19(11-14)29-3)22(28)26-18-12-23-27-20(18)21-24-16-7-5-6-8-17(16)25-21/h5-13H,4H2,1-3H3,(H,23,27)(H,24,25)(H,26,28). The number of para-hydroxylation sites is 2. The fraction of sp³-hybridized carbons (Fsp3) is 0.227. The van der Waals surface area contributed by atoms with Crippen molar-refractivity contribution < 1.29 is 9.53 Å². The van der Waals surface area contributed by atoms with E-state index < -0.39 is 0 Å². The molecule has 2 aromatic carbocycles. The molecule has 4 rings (SSSR count). The molecule has 148 valence electrons. The minimum atomic E-state index is -0.267. The number of nitrogens with zero attached hydrogens (tertiary/aromatic N) is 2. The number of aromatic amines is 2. The number of carbonyl (C=O) groups is 1.